The van der Waals surface area contributed by atoms with Crippen LogP contribution in [0.4, 0.5) is 11.4 Å². The van der Waals surface area contributed by atoms with Crippen LogP contribution in [0, 0.1) is 0 Å². The van der Waals surface area contributed by atoms with Crippen LogP contribution in [0.5, 0.6) is 0 Å². The number of nitrogens with one attached hydrogen (secondary N) is 2. The number of nitrogens with zero attached hydrogens (tertiary/aromatic N) is 1. The van der Waals surface area contributed by atoms with Gasteiger partial charge in [0.15, 0.2) is 0 Å². The number of carbonyl (C=O) groups excluding carboxylic acids is 2. The molecule has 142 valence electrons. The number of hydrogen-bond donors (Lipinski definition) is 2. The van der Waals surface area contributed by atoms with Gasteiger partial charge in [0.2, 0.25) is 5.91 Å². The Morgan fingerprint density at radius 3 is 2.52 bits per heavy atom. The van der Waals surface area contributed by atoms with Gasteiger partial charge in [-0.1, -0.05) is 35.3 Å². The molecule has 0 saturated carbocycles. The zero-order chi connectivity index (χ0) is 19.2. The number of benzene rings is 2. The molecule has 1 fully saturated rings. The molecule has 0 radical (unpaired) electrons. The van der Waals surface area contributed by atoms with Gasteiger partial charge in [-0.15, -0.1) is 0 Å². The molecule has 2 aromatic carbocycles. The van der Waals surface area contributed by atoms with E-state index in [9.17, 15) is 9.59 Å². The van der Waals surface area contributed by atoms with Gasteiger partial charge >= 0.3 is 0 Å². The Balaban J connectivity index is 1.59. The Kier molecular flexibility index (Phi) is 6.58. The fraction of sp³-hybridized carbons (Fsp3) is 0.300. The van der Waals surface area contributed by atoms with Crippen molar-refractivity contribution < 1.29 is 9.59 Å². The van der Waals surface area contributed by atoms with E-state index in [1.54, 1.807) is 42.5 Å². The second-order valence-electron chi connectivity index (χ2n) is 6.44. The van der Waals surface area contributed by atoms with Gasteiger partial charge in [-0.2, -0.15) is 0 Å². The van der Waals surface area contributed by atoms with Crippen LogP contribution < -0.4 is 10.6 Å². The highest BCUT2D eigenvalue weighted by Gasteiger charge is 2.18. The predicted molar refractivity (Wildman–Crippen MR) is 110 cm³/mol. The summed E-state index contributed by atoms with van der Waals surface area (Å²) >= 11 is 12.1. The second-order valence-corrected chi connectivity index (χ2v) is 7.22. The van der Waals surface area contributed by atoms with Crippen molar-refractivity contribution in [1.82, 2.24) is 4.90 Å². The molecule has 0 unspecified atom stereocenters. The van der Waals surface area contributed by atoms with E-state index in [1.165, 1.54) is 6.42 Å². The van der Waals surface area contributed by atoms with Crippen molar-refractivity contribution in [3.63, 3.8) is 0 Å². The monoisotopic (exact) mass is 405 g/mol. The highest BCUT2D eigenvalue weighted by Crippen LogP contribution is 2.29. The maximum Gasteiger partial charge on any atom is 0.253 e. The van der Waals surface area contributed by atoms with Crippen molar-refractivity contribution >= 4 is 46.4 Å². The van der Waals surface area contributed by atoms with Crippen LogP contribution in [0.3, 0.4) is 0 Å². The molecule has 2 aromatic rings. The van der Waals surface area contributed by atoms with Gasteiger partial charge in [-0.3, -0.25) is 9.59 Å². The maximum absolute atomic E-state index is 12.6. The van der Waals surface area contributed by atoms with E-state index in [0.717, 1.165) is 25.9 Å². The summed E-state index contributed by atoms with van der Waals surface area (Å²) < 4.78 is 0. The normalized spacial score (nSPS) is 13.9. The highest BCUT2D eigenvalue weighted by atomic mass is 35.5. The van der Waals surface area contributed by atoms with Crippen molar-refractivity contribution in [3.8, 4) is 0 Å². The van der Waals surface area contributed by atoms with Gasteiger partial charge in [0.1, 0.15) is 0 Å². The van der Waals surface area contributed by atoms with E-state index < -0.39 is 0 Å². The van der Waals surface area contributed by atoms with E-state index >= 15 is 0 Å². The third-order valence-corrected chi connectivity index (χ3v) is 5.25. The lowest BCUT2D eigenvalue weighted by atomic mass is 10.1. The summed E-state index contributed by atoms with van der Waals surface area (Å²) in [6.45, 7) is 1.61. The molecule has 1 aliphatic heterocycles. The minimum Gasteiger partial charge on any atom is -0.375 e. The third kappa shape index (κ3) is 5.15. The first-order valence-electron chi connectivity index (χ1n) is 8.91. The average molecular weight is 406 g/mol. The van der Waals surface area contributed by atoms with Crippen LogP contribution >= 0.6 is 23.2 Å². The van der Waals surface area contributed by atoms with Gasteiger partial charge in [0.05, 0.1) is 22.3 Å². The number of piperidine rings is 1. The SMILES string of the molecule is O=C(CNc1cccc(Cl)c1Cl)Nc1cccc(C(=O)N2CCCCC2)c1. The van der Waals surface area contributed by atoms with Crippen molar-refractivity contribution in [1.29, 1.82) is 0 Å². The van der Waals surface area contributed by atoms with Gasteiger partial charge in [-0.25, -0.2) is 0 Å². The zero-order valence-electron chi connectivity index (χ0n) is 14.8. The van der Waals surface area contributed by atoms with Crippen molar-refractivity contribution in [2.75, 3.05) is 30.3 Å². The molecule has 27 heavy (non-hydrogen) atoms. The first kappa shape index (κ1) is 19.5. The summed E-state index contributed by atoms with van der Waals surface area (Å²) in [5.41, 5.74) is 1.76. The molecule has 0 aliphatic carbocycles. The Bertz CT molecular complexity index is 836. The molecule has 0 atom stereocenters. The summed E-state index contributed by atoms with van der Waals surface area (Å²) in [5, 5.41) is 6.55. The van der Waals surface area contributed by atoms with Crippen molar-refractivity contribution in [2.45, 2.75) is 19.3 Å². The lowest BCUT2D eigenvalue weighted by Crippen LogP contribution is -2.35. The predicted octanol–water partition coefficient (Wildman–Crippen LogP) is 4.67. The topological polar surface area (TPSA) is 61.4 Å². The second kappa shape index (κ2) is 9.11. The maximum atomic E-state index is 12.6. The number of rotatable bonds is 5. The fourth-order valence-corrected chi connectivity index (χ4v) is 3.40. The average Bonchev–Trinajstić information content (AvgIpc) is 2.69. The van der Waals surface area contributed by atoms with Crippen LogP contribution in [0.15, 0.2) is 42.5 Å². The van der Waals surface area contributed by atoms with Crippen LogP contribution in [0.2, 0.25) is 10.0 Å². The summed E-state index contributed by atoms with van der Waals surface area (Å²) in [6, 6.07) is 12.2. The number of likely N-dealkylation sites (tertiary alicyclic amines) is 1. The van der Waals surface area contributed by atoms with Crippen LogP contribution in [-0.2, 0) is 4.79 Å². The van der Waals surface area contributed by atoms with Gasteiger partial charge in [0.25, 0.3) is 5.91 Å². The molecule has 0 bridgehead atoms. The van der Waals surface area contributed by atoms with Gasteiger partial charge in [0, 0.05) is 24.3 Å². The molecule has 7 heteroatoms. The van der Waals surface area contributed by atoms with Crippen LogP contribution in [0.25, 0.3) is 0 Å². The quantitative estimate of drug-likeness (QED) is 0.759. The minimum absolute atomic E-state index is 0.00892. The van der Waals surface area contributed by atoms with E-state index in [4.69, 9.17) is 23.2 Å². The lowest BCUT2D eigenvalue weighted by molar-refractivity contribution is -0.114. The van der Waals surface area contributed by atoms with Crippen LogP contribution in [0.1, 0.15) is 29.6 Å². The minimum atomic E-state index is -0.242. The first-order chi connectivity index (χ1) is 13.0. The Labute approximate surface area is 168 Å². The molecule has 5 nitrogen and oxygen atoms in total. The van der Waals surface area contributed by atoms with Gasteiger partial charge in [-0.05, 0) is 49.6 Å². The fourth-order valence-electron chi connectivity index (χ4n) is 3.03. The molecule has 1 heterocycles. The van der Waals surface area contributed by atoms with E-state index in [-0.39, 0.29) is 18.4 Å². The molecule has 0 aromatic heterocycles. The number of anilines is 2. The van der Waals surface area contributed by atoms with Crippen LogP contribution in [-0.4, -0.2) is 36.3 Å². The van der Waals surface area contributed by atoms with Gasteiger partial charge < -0.3 is 15.5 Å². The van der Waals surface area contributed by atoms with E-state index in [0.29, 0.717) is 27.0 Å². The standard InChI is InChI=1S/C20H21Cl2N3O2/c21-16-8-5-9-17(19(16)22)23-13-18(26)24-15-7-4-6-14(12-15)20(27)25-10-2-1-3-11-25/h4-9,12,23H,1-3,10-11,13H2,(H,24,26). The van der Waals surface area contributed by atoms with E-state index in [1.807, 2.05) is 4.90 Å². The third-order valence-electron chi connectivity index (χ3n) is 4.43. The molecule has 1 saturated heterocycles. The summed E-state index contributed by atoms with van der Waals surface area (Å²) in [6.07, 6.45) is 3.25. The summed E-state index contributed by atoms with van der Waals surface area (Å²) in [7, 11) is 0. The molecule has 2 amide bonds. The molecule has 2 N–H and O–H groups in total. The molecule has 1 aliphatic rings. The number of amides is 2. The Morgan fingerprint density at radius 1 is 1.00 bits per heavy atom. The summed E-state index contributed by atoms with van der Waals surface area (Å²) in [5.74, 6) is -0.233. The molecule has 0 spiro atoms. The Morgan fingerprint density at radius 2 is 1.74 bits per heavy atom. The van der Waals surface area contributed by atoms with E-state index in [2.05, 4.69) is 10.6 Å². The molecule has 3 rings (SSSR count). The highest BCUT2D eigenvalue weighted by molar-refractivity contribution is 6.43. The lowest BCUT2D eigenvalue weighted by Gasteiger charge is -2.26. The number of carbonyl (C=O) groups is 2. The smallest absolute Gasteiger partial charge is 0.253 e. The largest absolute Gasteiger partial charge is 0.375 e. The number of hydrogen-bond acceptors (Lipinski definition) is 3. The van der Waals surface area contributed by atoms with Crippen molar-refractivity contribution in [2.24, 2.45) is 0 Å². The zero-order valence-corrected chi connectivity index (χ0v) is 16.3. The van der Waals surface area contributed by atoms with Crippen molar-refractivity contribution in [3.05, 3.63) is 58.1 Å². The Hall–Kier alpha value is -2.24. The number of halogens is 2. The summed E-state index contributed by atoms with van der Waals surface area (Å²) in [4.78, 5) is 26.7. The molecular weight excluding hydrogens is 385 g/mol. The first-order valence-corrected chi connectivity index (χ1v) is 9.67. The molecular formula is C20H21Cl2N3O2.